The highest BCUT2D eigenvalue weighted by molar-refractivity contribution is 5.95. The second kappa shape index (κ2) is 9.39. The molecule has 0 aliphatic heterocycles. The topological polar surface area (TPSA) is 114 Å². The first-order valence-corrected chi connectivity index (χ1v) is 9.08. The van der Waals surface area contributed by atoms with Crippen LogP contribution in [0.25, 0.3) is 0 Å². The van der Waals surface area contributed by atoms with Gasteiger partial charge in [0.05, 0.1) is 28.5 Å². The van der Waals surface area contributed by atoms with Gasteiger partial charge in [0, 0.05) is 5.69 Å². The van der Waals surface area contributed by atoms with E-state index in [0.29, 0.717) is 34.9 Å². The number of rotatable bonds is 7. The van der Waals surface area contributed by atoms with Crippen LogP contribution in [0.4, 0.5) is 5.69 Å². The summed E-state index contributed by atoms with van der Waals surface area (Å²) in [7, 11) is 0. The summed E-state index contributed by atoms with van der Waals surface area (Å²) in [6.07, 6.45) is 0. The van der Waals surface area contributed by atoms with E-state index in [-0.39, 0.29) is 0 Å². The standard InChI is InChI=1S/C22H19N3O5/c1-14-20(15(2)30-25-14)12-28-19-8-6-17(7-9-19)22(27)29-13-21(26)24-18-5-3-4-16(10-18)11-23/h3-10H,12-13H2,1-2H3,(H,24,26). The zero-order chi connectivity index (χ0) is 21.5. The van der Waals surface area contributed by atoms with Crippen LogP contribution in [0.5, 0.6) is 5.75 Å². The number of nitriles is 1. The molecule has 8 heteroatoms. The predicted octanol–water partition coefficient (Wildman–Crippen LogP) is 3.54. The lowest BCUT2D eigenvalue weighted by atomic mass is 10.2. The van der Waals surface area contributed by atoms with Crippen molar-refractivity contribution in [3.8, 4) is 11.8 Å². The van der Waals surface area contributed by atoms with E-state index in [0.717, 1.165) is 11.3 Å². The molecule has 0 spiro atoms. The zero-order valence-electron chi connectivity index (χ0n) is 16.5. The van der Waals surface area contributed by atoms with Crippen molar-refractivity contribution >= 4 is 17.6 Å². The molecule has 3 aromatic rings. The summed E-state index contributed by atoms with van der Waals surface area (Å²) in [5, 5.41) is 15.3. The monoisotopic (exact) mass is 405 g/mol. The largest absolute Gasteiger partial charge is 0.489 e. The second-order valence-corrected chi connectivity index (χ2v) is 6.43. The Hall–Kier alpha value is -4.12. The number of anilines is 1. The van der Waals surface area contributed by atoms with Crippen LogP contribution in [-0.4, -0.2) is 23.6 Å². The minimum Gasteiger partial charge on any atom is -0.489 e. The number of benzene rings is 2. The molecule has 0 unspecified atom stereocenters. The number of carbonyl (C=O) groups excluding carboxylic acids is 2. The Labute approximate surface area is 173 Å². The quantitative estimate of drug-likeness (QED) is 0.598. The molecule has 0 aliphatic rings. The molecule has 152 valence electrons. The number of carbonyl (C=O) groups is 2. The van der Waals surface area contributed by atoms with Crippen molar-refractivity contribution in [1.82, 2.24) is 5.16 Å². The van der Waals surface area contributed by atoms with E-state index in [1.807, 2.05) is 19.9 Å². The van der Waals surface area contributed by atoms with Gasteiger partial charge in [-0.3, -0.25) is 4.79 Å². The van der Waals surface area contributed by atoms with Crippen LogP contribution in [0.3, 0.4) is 0 Å². The van der Waals surface area contributed by atoms with Crippen molar-refractivity contribution < 1.29 is 23.6 Å². The second-order valence-electron chi connectivity index (χ2n) is 6.43. The summed E-state index contributed by atoms with van der Waals surface area (Å²) >= 11 is 0. The third-order valence-electron chi connectivity index (χ3n) is 4.26. The van der Waals surface area contributed by atoms with Gasteiger partial charge in [-0.25, -0.2) is 4.79 Å². The van der Waals surface area contributed by atoms with Gasteiger partial charge in [0.15, 0.2) is 6.61 Å². The molecule has 30 heavy (non-hydrogen) atoms. The lowest BCUT2D eigenvalue weighted by Crippen LogP contribution is -2.20. The lowest BCUT2D eigenvalue weighted by Gasteiger charge is -2.08. The number of nitrogens with one attached hydrogen (secondary N) is 1. The first kappa shape index (κ1) is 20.6. The number of aromatic nitrogens is 1. The Bertz CT molecular complexity index is 1080. The molecule has 0 atom stereocenters. The Morgan fingerprint density at radius 3 is 2.60 bits per heavy atom. The number of nitrogens with zero attached hydrogens (tertiary/aromatic N) is 2. The maximum atomic E-state index is 12.1. The highest BCUT2D eigenvalue weighted by Crippen LogP contribution is 2.18. The molecular weight excluding hydrogens is 386 g/mol. The van der Waals surface area contributed by atoms with Crippen LogP contribution in [0.2, 0.25) is 0 Å². The van der Waals surface area contributed by atoms with Gasteiger partial charge in [-0.1, -0.05) is 11.2 Å². The van der Waals surface area contributed by atoms with E-state index >= 15 is 0 Å². The van der Waals surface area contributed by atoms with Crippen molar-refractivity contribution in [3.05, 3.63) is 76.7 Å². The van der Waals surface area contributed by atoms with Gasteiger partial charge >= 0.3 is 5.97 Å². The van der Waals surface area contributed by atoms with Crippen LogP contribution in [0, 0.1) is 25.2 Å². The molecule has 1 amide bonds. The fourth-order valence-corrected chi connectivity index (χ4v) is 2.63. The van der Waals surface area contributed by atoms with E-state index in [2.05, 4.69) is 10.5 Å². The third-order valence-corrected chi connectivity index (χ3v) is 4.26. The SMILES string of the molecule is Cc1noc(C)c1COc1ccc(C(=O)OCC(=O)Nc2cccc(C#N)c2)cc1. The van der Waals surface area contributed by atoms with E-state index < -0.39 is 18.5 Å². The van der Waals surface area contributed by atoms with Crippen molar-refractivity contribution in [3.63, 3.8) is 0 Å². The molecule has 2 aromatic carbocycles. The molecule has 0 aliphatic carbocycles. The van der Waals surface area contributed by atoms with E-state index in [4.69, 9.17) is 19.3 Å². The first-order valence-electron chi connectivity index (χ1n) is 9.08. The summed E-state index contributed by atoms with van der Waals surface area (Å²) in [5.74, 6) is 0.137. The summed E-state index contributed by atoms with van der Waals surface area (Å²) < 4.78 is 15.8. The molecule has 1 heterocycles. The minimum atomic E-state index is -0.631. The molecule has 0 saturated carbocycles. The van der Waals surface area contributed by atoms with Crippen LogP contribution < -0.4 is 10.1 Å². The van der Waals surface area contributed by atoms with Crippen LogP contribution in [-0.2, 0) is 16.1 Å². The molecule has 0 fully saturated rings. The van der Waals surface area contributed by atoms with Crippen LogP contribution in [0.15, 0.2) is 53.1 Å². The fourth-order valence-electron chi connectivity index (χ4n) is 2.63. The van der Waals surface area contributed by atoms with Crippen molar-refractivity contribution in [2.24, 2.45) is 0 Å². The first-order chi connectivity index (χ1) is 14.5. The average molecular weight is 405 g/mol. The van der Waals surface area contributed by atoms with Gasteiger partial charge in [0.2, 0.25) is 0 Å². The van der Waals surface area contributed by atoms with Gasteiger partial charge in [0.1, 0.15) is 18.1 Å². The smallest absolute Gasteiger partial charge is 0.338 e. The van der Waals surface area contributed by atoms with Gasteiger partial charge in [-0.2, -0.15) is 5.26 Å². The summed E-state index contributed by atoms with van der Waals surface area (Å²) in [5.41, 5.74) is 2.81. The summed E-state index contributed by atoms with van der Waals surface area (Å²) in [6.45, 7) is 3.51. The number of amides is 1. The van der Waals surface area contributed by atoms with Crippen molar-refractivity contribution in [1.29, 1.82) is 5.26 Å². The van der Waals surface area contributed by atoms with Crippen molar-refractivity contribution in [2.75, 3.05) is 11.9 Å². The molecule has 8 nitrogen and oxygen atoms in total. The van der Waals surface area contributed by atoms with Crippen LogP contribution in [0.1, 0.15) is 32.9 Å². The third kappa shape index (κ3) is 5.23. The Balaban J connectivity index is 1.49. The van der Waals surface area contributed by atoms with Crippen molar-refractivity contribution in [2.45, 2.75) is 20.5 Å². The number of aryl methyl sites for hydroxylation is 2. The molecule has 0 radical (unpaired) electrons. The number of esters is 1. The normalized spacial score (nSPS) is 10.2. The Morgan fingerprint density at radius 2 is 1.93 bits per heavy atom. The van der Waals surface area contributed by atoms with Gasteiger partial charge in [0.25, 0.3) is 5.91 Å². The van der Waals surface area contributed by atoms with Gasteiger partial charge < -0.3 is 19.3 Å². The Morgan fingerprint density at radius 1 is 1.17 bits per heavy atom. The molecule has 0 bridgehead atoms. The molecule has 3 rings (SSSR count). The number of ether oxygens (including phenoxy) is 2. The lowest BCUT2D eigenvalue weighted by molar-refractivity contribution is -0.119. The highest BCUT2D eigenvalue weighted by Gasteiger charge is 2.12. The maximum Gasteiger partial charge on any atom is 0.338 e. The summed E-state index contributed by atoms with van der Waals surface area (Å²) in [4.78, 5) is 24.1. The maximum absolute atomic E-state index is 12.1. The molecule has 1 aromatic heterocycles. The molecular formula is C22H19N3O5. The average Bonchev–Trinajstić information content (AvgIpc) is 3.08. The fraction of sp³-hybridized carbons (Fsp3) is 0.182. The van der Waals surface area contributed by atoms with E-state index in [9.17, 15) is 9.59 Å². The number of hydrogen-bond acceptors (Lipinski definition) is 7. The van der Waals surface area contributed by atoms with Crippen LogP contribution >= 0.6 is 0 Å². The molecule has 0 saturated heterocycles. The minimum absolute atomic E-state index is 0.291. The van der Waals surface area contributed by atoms with E-state index in [1.54, 1.807) is 42.5 Å². The highest BCUT2D eigenvalue weighted by atomic mass is 16.5. The molecule has 1 N–H and O–H groups in total. The van der Waals surface area contributed by atoms with E-state index in [1.165, 1.54) is 6.07 Å². The predicted molar refractivity (Wildman–Crippen MR) is 107 cm³/mol. The zero-order valence-corrected chi connectivity index (χ0v) is 16.5. The number of hydrogen-bond donors (Lipinski definition) is 1. The Kier molecular flexibility index (Phi) is 6.45. The van der Waals surface area contributed by atoms with Gasteiger partial charge in [-0.05, 0) is 56.3 Å². The van der Waals surface area contributed by atoms with Gasteiger partial charge in [-0.15, -0.1) is 0 Å². The summed E-state index contributed by atoms with van der Waals surface area (Å²) in [6, 6.07) is 14.8.